The minimum atomic E-state index is -0.304. The Bertz CT molecular complexity index is 485. The third-order valence-electron chi connectivity index (χ3n) is 2.39. The zero-order valence-electron chi connectivity index (χ0n) is 9.20. The molecule has 0 aromatic heterocycles. The molecule has 0 aliphatic heterocycles. The lowest BCUT2D eigenvalue weighted by Gasteiger charge is -2.06. The fourth-order valence-electron chi connectivity index (χ4n) is 1.50. The van der Waals surface area contributed by atoms with Crippen molar-refractivity contribution in [2.45, 2.75) is 6.42 Å². The largest absolute Gasteiger partial charge is 0.493 e. The highest BCUT2D eigenvalue weighted by molar-refractivity contribution is 9.10. The van der Waals surface area contributed by atoms with Crippen molar-refractivity contribution < 1.29 is 9.13 Å². The molecule has 0 atom stereocenters. The summed E-state index contributed by atoms with van der Waals surface area (Å²) < 4.78 is 19.1. The van der Waals surface area contributed by atoms with Crippen LogP contribution in [0.2, 0.25) is 0 Å². The predicted molar refractivity (Wildman–Crippen MR) is 69.7 cm³/mol. The van der Waals surface area contributed by atoms with Gasteiger partial charge in [0, 0.05) is 12.5 Å². The molecule has 0 saturated carbocycles. The third-order valence-corrected chi connectivity index (χ3v) is 3.04. The summed E-state index contributed by atoms with van der Waals surface area (Å²) >= 11 is 3.10. The minimum Gasteiger partial charge on any atom is -0.493 e. The van der Waals surface area contributed by atoms with Crippen LogP contribution in [0.25, 0.3) is 0 Å². The Labute approximate surface area is 108 Å². The summed E-state index contributed by atoms with van der Waals surface area (Å²) in [4.78, 5) is 0. The van der Waals surface area contributed by atoms with Crippen LogP contribution in [0.5, 0.6) is 5.75 Å². The molecular weight excluding hydrogens is 283 g/mol. The Hall–Kier alpha value is -1.35. The standard InChI is InChI=1S/C14H12BrFO/c15-13-7-6-12(10-14(13)16)17-9-8-11-4-2-1-3-5-11/h1-7,10H,8-9H2. The van der Waals surface area contributed by atoms with E-state index in [0.29, 0.717) is 16.8 Å². The molecule has 0 unspecified atom stereocenters. The molecule has 1 nitrogen and oxygen atoms in total. The van der Waals surface area contributed by atoms with E-state index in [0.717, 1.165) is 6.42 Å². The Morgan fingerprint density at radius 2 is 1.82 bits per heavy atom. The van der Waals surface area contributed by atoms with Crippen LogP contribution in [0.15, 0.2) is 53.0 Å². The molecule has 0 aliphatic carbocycles. The van der Waals surface area contributed by atoms with Gasteiger partial charge in [0.1, 0.15) is 11.6 Å². The zero-order chi connectivity index (χ0) is 12.1. The molecular formula is C14H12BrFO. The van der Waals surface area contributed by atoms with Gasteiger partial charge < -0.3 is 4.74 Å². The molecule has 0 heterocycles. The highest BCUT2D eigenvalue weighted by Crippen LogP contribution is 2.20. The van der Waals surface area contributed by atoms with Crippen molar-refractivity contribution in [2.75, 3.05) is 6.61 Å². The number of ether oxygens (including phenoxy) is 1. The summed E-state index contributed by atoms with van der Waals surface area (Å²) in [6.07, 6.45) is 0.818. The molecule has 2 rings (SSSR count). The van der Waals surface area contributed by atoms with Crippen LogP contribution in [0.4, 0.5) is 4.39 Å². The van der Waals surface area contributed by atoms with Crippen LogP contribution in [-0.2, 0) is 6.42 Å². The number of halogens is 2. The van der Waals surface area contributed by atoms with Crippen molar-refractivity contribution in [2.24, 2.45) is 0 Å². The molecule has 0 bridgehead atoms. The van der Waals surface area contributed by atoms with Gasteiger partial charge in [0.2, 0.25) is 0 Å². The monoisotopic (exact) mass is 294 g/mol. The van der Waals surface area contributed by atoms with E-state index in [4.69, 9.17) is 4.74 Å². The highest BCUT2D eigenvalue weighted by Gasteiger charge is 2.01. The highest BCUT2D eigenvalue weighted by atomic mass is 79.9. The van der Waals surface area contributed by atoms with Crippen molar-refractivity contribution in [3.63, 3.8) is 0 Å². The lowest BCUT2D eigenvalue weighted by Crippen LogP contribution is -2.01. The number of benzene rings is 2. The van der Waals surface area contributed by atoms with Crippen LogP contribution in [0.3, 0.4) is 0 Å². The molecule has 0 fully saturated rings. The average Bonchev–Trinajstić information content (AvgIpc) is 2.35. The van der Waals surface area contributed by atoms with Crippen LogP contribution in [-0.4, -0.2) is 6.61 Å². The number of hydrogen-bond donors (Lipinski definition) is 0. The Morgan fingerprint density at radius 1 is 1.06 bits per heavy atom. The van der Waals surface area contributed by atoms with E-state index < -0.39 is 0 Å². The van der Waals surface area contributed by atoms with Gasteiger partial charge in [-0.05, 0) is 33.6 Å². The van der Waals surface area contributed by atoms with Gasteiger partial charge in [-0.2, -0.15) is 0 Å². The smallest absolute Gasteiger partial charge is 0.141 e. The lowest BCUT2D eigenvalue weighted by molar-refractivity contribution is 0.320. The molecule has 0 N–H and O–H groups in total. The maximum atomic E-state index is 13.2. The summed E-state index contributed by atoms with van der Waals surface area (Å²) in [6.45, 7) is 0.547. The zero-order valence-corrected chi connectivity index (χ0v) is 10.8. The van der Waals surface area contributed by atoms with Gasteiger partial charge in [-0.25, -0.2) is 4.39 Å². The first-order valence-corrected chi connectivity index (χ1v) is 6.17. The average molecular weight is 295 g/mol. The second kappa shape index (κ2) is 5.82. The van der Waals surface area contributed by atoms with Crippen molar-refractivity contribution in [3.8, 4) is 5.75 Å². The number of hydrogen-bond acceptors (Lipinski definition) is 1. The van der Waals surface area contributed by atoms with Crippen LogP contribution in [0.1, 0.15) is 5.56 Å². The fourth-order valence-corrected chi connectivity index (χ4v) is 1.74. The molecule has 0 amide bonds. The SMILES string of the molecule is Fc1cc(OCCc2ccccc2)ccc1Br. The molecule has 0 aliphatic rings. The van der Waals surface area contributed by atoms with E-state index in [2.05, 4.69) is 15.9 Å². The molecule has 3 heteroatoms. The maximum Gasteiger partial charge on any atom is 0.141 e. The Balaban J connectivity index is 1.88. The topological polar surface area (TPSA) is 9.23 Å². The van der Waals surface area contributed by atoms with Gasteiger partial charge in [0.15, 0.2) is 0 Å². The van der Waals surface area contributed by atoms with Crippen molar-refractivity contribution in [1.29, 1.82) is 0 Å². The van der Waals surface area contributed by atoms with E-state index in [9.17, 15) is 4.39 Å². The summed E-state index contributed by atoms with van der Waals surface area (Å²) in [7, 11) is 0. The first-order valence-electron chi connectivity index (χ1n) is 5.37. The summed E-state index contributed by atoms with van der Waals surface area (Å²) in [6, 6.07) is 14.8. The first-order chi connectivity index (χ1) is 8.25. The van der Waals surface area contributed by atoms with Gasteiger partial charge in [0.25, 0.3) is 0 Å². The second-order valence-corrected chi connectivity index (χ2v) is 4.51. The quantitative estimate of drug-likeness (QED) is 0.821. The molecule has 0 spiro atoms. The van der Waals surface area contributed by atoms with Crippen molar-refractivity contribution in [1.82, 2.24) is 0 Å². The lowest BCUT2D eigenvalue weighted by atomic mass is 10.2. The van der Waals surface area contributed by atoms with E-state index in [1.165, 1.54) is 11.6 Å². The number of rotatable bonds is 4. The third kappa shape index (κ3) is 3.56. The molecule has 2 aromatic rings. The van der Waals surface area contributed by atoms with Gasteiger partial charge in [-0.1, -0.05) is 30.3 Å². The van der Waals surface area contributed by atoms with Gasteiger partial charge in [-0.3, -0.25) is 0 Å². The minimum absolute atomic E-state index is 0.304. The Morgan fingerprint density at radius 3 is 2.53 bits per heavy atom. The summed E-state index contributed by atoms with van der Waals surface area (Å²) in [5, 5.41) is 0. The van der Waals surface area contributed by atoms with E-state index in [-0.39, 0.29) is 5.82 Å². The van der Waals surface area contributed by atoms with E-state index >= 15 is 0 Å². The predicted octanol–water partition coefficient (Wildman–Crippen LogP) is 4.21. The van der Waals surface area contributed by atoms with Crippen molar-refractivity contribution >= 4 is 15.9 Å². The van der Waals surface area contributed by atoms with Crippen molar-refractivity contribution in [3.05, 3.63) is 64.4 Å². The van der Waals surface area contributed by atoms with E-state index in [1.54, 1.807) is 12.1 Å². The molecule has 0 radical (unpaired) electrons. The molecule has 17 heavy (non-hydrogen) atoms. The normalized spacial score (nSPS) is 10.2. The second-order valence-electron chi connectivity index (χ2n) is 3.66. The Kier molecular flexibility index (Phi) is 4.15. The summed E-state index contributed by atoms with van der Waals surface area (Å²) in [5.74, 6) is 0.254. The fraction of sp³-hybridized carbons (Fsp3) is 0.143. The molecule has 88 valence electrons. The van der Waals surface area contributed by atoms with E-state index in [1.807, 2.05) is 30.3 Å². The molecule has 2 aromatic carbocycles. The maximum absolute atomic E-state index is 13.2. The van der Waals surface area contributed by atoms with Gasteiger partial charge in [0.05, 0.1) is 11.1 Å². The first kappa shape index (κ1) is 12.1. The van der Waals surface area contributed by atoms with Gasteiger partial charge >= 0.3 is 0 Å². The van der Waals surface area contributed by atoms with Crippen LogP contribution in [0, 0.1) is 5.82 Å². The molecule has 0 saturated heterocycles. The van der Waals surface area contributed by atoms with Crippen LogP contribution >= 0.6 is 15.9 Å². The van der Waals surface area contributed by atoms with Gasteiger partial charge in [-0.15, -0.1) is 0 Å². The summed E-state index contributed by atoms with van der Waals surface area (Å²) in [5.41, 5.74) is 1.21. The van der Waals surface area contributed by atoms with Crippen LogP contribution < -0.4 is 4.74 Å².